The van der Waals surface area contributed by atoms with Crippen LogP contribution in [-0.2, 0) is 9.53 Å². The third kappa shape index (κ3) is 6.50. The SMILES string of the molecule is C=C(CCCN(c1ncnc2c1c(C1CC1)cn2C1CCCC(F)(F)C1)[C@@H](C)CC)C(=O)OC(C)(C)C. The molecule has 0 amide bonds. The molecule has 0 radical (unpaired) electrons. The van der Waals surface area contributed by atoms with Gasteiger partial charge in [0.25, 0.3) is 0 Å². The normalized spacial score (nSPS) is 20.6. The molecule has 0 spiro atoms. The zero-order valence-corrected chi connectivity index (χ0v) is 23.0. The predicted octanol–water partition coefficient (Wildman–Crippen LogP) is 7.34. The summed E-state index contributed by atoms with van der Waals surface area (Å²) in [4.78, 5) is 24.1. The van der Waals surface area contributed by atoms with Crippen molar-refractivity contribution in [2.24, 2.45) is 0 Å². The van der Waals surface area contributed by atoms with Gasteiger partial charge in [-0.1, -0.05) is 13.5 Å². The lowest BCUT2D eigenvalue weighted by Crippen LogP contribution is -2.35. The first-order chi connectivity index (χ1) is 17.4. The fraction of sp³-hybridized carbons (Fsp3) is 0.690. The van der Waals surface area contributed by atoms with Crippen LogP contribution < -0.4 is 4.90 Å². The number of carbonyl (C=O) groups is 1. The number of ether oxygens (including phenoxy) is 1. The molecule has 2 saturated carbocycles. The van der Waals surface area contributed by atoms with Crippen molar-refractivity contribution in [3.05, 3.63) is 30.2 Å². The third-order valence-corrected chi connectivity index (χ3v) is 7.60. The van der Waals surface area contributed by atoms with E-state index in [9.17, 15) is 13.6 Å². The van der Waals surface area contributed by atoms with Crippen molar-refractivity contribution >= 4 is 22.8 Å². The van der Waals surface area contributed by atoms with Crippen LogP contribution >= 0.6 is 0 Å². The second kappa shape index (κ2) is 10.7. The number of hydrogen-bond donors (Lipinski definition) is 0. The first-order valence-corrected chi connectivity index (χ1v) is 13.8. The zero-order valence-electron chi connectivity index (χ0n) is 23.0. The quantitative estimate of drug-likeness (QED) is 0.244. The Bertz CT molecular complexity index is 1130. The van der Waals surface area contributed by atoms with Gasteiger partial charge in [0, 0.05) is 43.2 Å². The Morgan fingerprint density at radius 3 is 2.65 bits per heavy atom. The van der Waals surface area contributed by atoms with Crippen molar-refractivity contribution in [3.63, 3.8) is 0 Å². The van der Waals surface area contributed by atoms with E-state index in [4.69, 9.17) is 9.72 Å². The van der Waals surface area contributed by atoms with Gasteiger partial charge in [0.2, 0.25) is 5.92 Å². The minimum atomic E-state index is -2.63. The molecular formula is C29H42F2N4O2. The number of carbonyl (C=O) groups excluding carboxylic acids is 1. The van der Waals surface area contributed by atoms with Crippen LogP contribution in [0.4, 0.5) is 14.6 Å². The van der Waals surface area contributed by atoms with Crippen LogP contribution in [0, 0.1) is 0 Å². The molecule has 0 aromatic carbocycles. The van der Waals surface area contributed by atoms with E-state index in [2.05, 4.69) is 36.5 Å². The molecule has 1 unspecified atom stereocenters. The molecule has 0 aliphatic heterocycles. The van der Waals surface area contributed by atoms with Gasteiger partial charge in [0.15, 0.2) is 0 Å². The first kappa shape index (κ1) is 27.5. The highest BCUT2D eigenvalue weighted by molar-refractivity contribution is 5.92. The fourth-order valence-corrected chi connectivity index (χ4v) is 5.35. The lowest BCUT2D eigenvalue weighted by molar-refractivity contribution is -0.150. The van der Waals surface area contributed by atoms with Gasteiger partial charge in [-0.15, -0.1) is 0 Å². The largest absolute Gasteiger partial charge is 0.457 e. The van der Waals surface area contributed by atoms with Crippen LogP contribution in [0.25, 0.3) is 11.0 Å². The molecule has 2 fully saturated rings. The highest BCUT2D eigenvalue weighted by atomic mass is 19.3. The Hall–Kier alpha value is -2.51. The van der Waals surface area contributed by atoms with Crippen molar-refractivity contribution in [3.8, 4) is 0 Å². The highest BCUT2D eigenvalue weighted by Gasteiger charge is 2.39. The number of rotatable bonds is 10. The number of alkyl halides is 2. The Labute approximate surface area is 219 Å². The summed E-state index contributed by atoms with van der Waals surface area (Å²) in [6.45, 7) is 14.5. The standard InChI is InChI=1S/C29H42F2N4O2/c1-7-20(3)34(15-9-10-19(2)27(36)37-28(4,5)6)25-24-23(21-12-13-21)17-35(26(24)33-18-32-25)22-11-8-14-29(30,31)16-22/h17-18,20-22H,2,7-16H2,1,3-6H3/t20-,22?/m0/s1. The van der Waals surface area contributed by atoms with Gasteiger partial charge in [-0.2, -0.15) is 0 Å². The van der Waals surface area contributed by atoms with Crippen molar-refractivity contribution in [2.45, 2.75) is 122 Å². The number of anilines is 1. The summed E-state index contributed by atoms with van der Waals surface area (Å²) < 4.78 is 36.1. The molecule has 2 aromatic heterocycles. The molecule has 6 nitrogen and oxygen atoms in total. The molecule has 2 heterocycles. The topological polar surface area (TPSA) is 60.2 Å². The summed E-state index contributed by atoms with van der Waals surface area (Å²) in [6, 6.07) is -0.0435. The minimum Gasteiger partial charge on any atom is -0.457 e. The molecular weight excluding hydrogens is 474 g/mol. The van der Waals surface area contributed by atoms with Crippen LogP contribution in [0.15, 0.2) is 24.7 Å². The third-order valence-electron chi connectivity index (χ3n) is 7.60. The Morgan fingerprint density at radius 1 is 1.30 bits per heavy atom. The minimum absolute atomic E-state index is 0.0329. The summed E-state index contributed by atoms with van der Waals surface area (Å²) in [5.41, 5.74) is 1.87. The molecule has 37 heavy (non-hydrogen) atoms. The Morgan fingerprint density at radius 2 is 2.03 bits per heavy atom. The summed E-state index contributed by atoms with van der Waals surface area (Å²) in [5, 5.41) is 1.00. The van der Waals surface area contributed by atoms with Gasteiger partial charge in [0.1, 0.15) is 23.4 Å². The molecule has 2 aliphatic carbocycles. The zero-order chi connectivity index (χ0) is 27.0. The predicted molar refractivity (Wildman–Crippen MR) is 143 cm³/mol. The molecule has 2 atom stereocenters. The highest BCUT2D eigenvalue weighted by Crippen LogP contribution is 2.48. The average Bonchev–Trinajstić information content (AvgIpc) is 3.59. The Kier molecular flexibility index (Phi) is 7.96. The molecule has 204 valence electrons. The second-order valence-electron chi connectivity index (χ2n) is 11.9. The number of hydrogen-bond acceptors (Lipinski definition) is 5. The van der Waals surface area contributed by atoms with Crippen LogP contribution in [-0.4, -0.2) is 44.6 Å². The lowest BCUT2D eigenvalue weighted by atomic mass is 9.92. The molecule has 2 aromatic rings. The number of fused-ring (bicyclic) bond motifs is 1. The van der Waals surface area contributed by atoms with Gasteiger partial charge in [0.05, 0.1) is 5.39 Å². The number of aromatic nitrogens is 3. The van der Waals surface area contributed by atoms with E-state index < -0.39 is 11.5 Å². The second-order valence-corrected chi connectivity index (χ2v) is 11.9. The van der Waals surface area contributed by atoms with E-state index in [1.165, 1.54) is 5.56 Å². The molecule has 0 bridgehead atoms. The monoisotopic (exact) mass is 516 g/mol. The van der Waals surface area contributed by atoms with E-state index in [0.29, 0.717) is 30.9 Å². The summed E-state index contributed by atoms with van der Waals surface area (Å²) >= 11 is 0. The van der Waals surface area contributed by atoms with Crippen LogP contribution in [0.1, 0.15) is 110 Å². The average molecular weight is 517 g/mol. The van der Waals surface area contributed by atoms with Crippen molar-refractivity contribution in [2.75, 3.05) is 11.4 Å². The van der Waals surface area contributed by atoms with Crippen molar-refractivity contribution in [1.29, 1.82) is 0 Å². The van der Waals surface area contributed by atoms with E-state index >= 15 is 0 Å². The van der Waals surface area contributed by atoms with Crippen molar-refractivity contribution < 1.29 is 18.3 Å². The van der Waals surface area contributed by atoms with E-state index in [1.807, 2.05) is 25.3 Å². The number of esters is 1. The van der Waals surface area contributed by atoms with Gasteiger partial charge in [-0.05, 0) is 84.1 Å². The molecule has 2 aliphatic rings. The smallest absolute Gasteiger partial charge is 0.333 e. The van der Waals surface area contributed by atoms with Crippen LogP contribution in [0.2, 0.25) is 0 Å². The maximum atomic E-state index is 14.3. The van der Waals surface area contributed by atoms with E-state index in [-0.39, 0.29) is 30.9 Å². The first-order valence-electron chi connectivity index (χ1n) is 13.8. The van der Waals surface area contributed by atoms with Gasteiger partial charge >= 0.3 is 5.97 Å². The fourth-order valence-electron chi connectivity index (χ4n) is 5.35. The summed E-state index contributed by atoms with van der Waals surface area (Å²) in [5.74, 6) is -1.69. The van der Waals surface area contributed by atoms with Crippen LogP contribution in [0.3, 0.4) is 0 Å². The van der Waals surface area contributed by atoms with Gasteiger partial charge in [-0.3, -0.25) is 0 Å². The molecule has 8 heteroatoms. The number of nitrogens with zero attached hydrogens (tertiary/aromatic N) is 4. The molecule has 4 rings (SSSR count). The van der Waals surface area contributed by atoms with Crippen molar-refractivity contribution in [1.82, 2.24) is 14.5 Å². The van der Waals surface area contributed by atoms with E-state index in [0.717, 1.165) is 49.0 Å². The molecule has 0 saturated heterocycles. The molecule has 0 N–H and O–H groups in total. The maximum absolute atomic E-state index is 14.3. The van der Waals surface area contributed by atoms with Crippen LogP contribution in [0.5, 0.6) is 0 Å². The van der Waals surface area contributed by atoms with Gasteiger partial charge < -0.3 is 14.2 Å². The van der Waals surface area contributed by atoms with Gasteiger partial charge in [-0.25, -0.2) is 23.5 Å². The van der Waals surface area contributed by atoms with E-state index in [1.54, 1.807) is 6.33 Å². The summed E-state index contributed by atoms with van der Waals surface area (Å²) in [7, 11) is 0. The maximum Gasteiger partial charge on any atom is 0.333 e. The number of halogens is 2. The Balaban J connectivity index is 1.62. The lowest BCUT2D eigenvalue weighted by Gasteiger charge is -2.31. The summed E-state index contributed by atoms with van der Waals surface area (Å²) in [6.07, 6.45) is 9.14.